The Hall–Kier alpha value is -1.22. The number of nitrogens with two attached hydrogens (primary N) is 1. The van der Waals surface area contributed by atoms with Crippen LogP contribution in [0.3, 0.4) is 0 Å². The molecule has 0 aliphatic heterocycles. The maximum atomic E-state index is 8.38. The fourth-order valence-corrected chi connectivity index (χ4v) is 0.914. The van der Waals surface area contributed by atoms with Gasteiger partial charge in [-0.1, -0.05) is 29.4 Å². The number of benzene rings is 1. The molecule has 3 nitrogen and oxygen atoms in total. The van der Waals surface area contributed by atoms with E-state index in [1.165, 1.54) is 0 Å². The van der Waals surface area contributed by atoms with Crippen molar-refractivity contribution in [3.63, 3.8) is 0 Å². The van der Waals surface area contributed by atoms with Crippen molar-refractivity contribution in [2.75, 3.05) is 0 Å². The predicted molar refractivity (Wildman–Crippen MR) is 50.9 cm³/mol. The number of amidine groups is 1. The molecule has 0 saturated heterocycles. The smallest absolute Gasteiger partial charge is 0.170 e. The lowest BCUT2D eigenvalue weighted by molar-refractivity contribution is 0.318. The lowest BCUT2D eigenvalue weighted by Gasteiger charge is -2.00. The molecular formula is C8H11ClN2O. The van der Waals surface area contributed by atoms with E-state index in [4.69, 9.17) is 10.9 Å². The number of hydrogen-bond acceptors (Lipinski definition) is 2. The Labute approximate surface area is 77.3 Å². The van der Waals surface area contributed by atoms with E-state index < -0.39 is 0 Å². The highest BCUT2D eigenvalue weighted by Gasteiger charge is 1.99. The topological polar surface area (TPSA) is 58.6 Å². The molecule has 0 atom stereocenters. The maximum Gasteiger partial charge on any atom is 0.170 e. The molecule has 0 radical (unpaired) electrons. The molecule has 3 N–H and O–H groups in total. The Bertz CT molecular complexity index is 286. The molecule has 0 aliphatic rings. The largest absolute Gasteiger partial charge is 0.409 e. The number of rotatable bonds is 1. The second-order valence-electron chi connectivity index (χ2n) is 2.30. The molecule has 0 amide bonds. The van der Waals surface area contributed by atoms with Crippen molar-refractivity contribution in [1.29, 1.82) is 0 Å². The molecule has 66 valence electrons. The van der Waals surface area contributed by atoms with Gasteiger partial charge in [0.15, 0.2) is 5.84 Å². The van der Waals surface area contributed by atoms with E-state index in [9.17, 15) is 0 Å². The molecule has 4 heteroatoms. The Morgan fingerprint density at radius 3 is 2.50 bits per heavy atom. The minimum atomic E-state index is 0. The van der Waals surface area contributed by atoms with Crippen LogP contribution in [-0.2, 0) is 0 Å². The van der Waals surface area contributed by atoms with Crippen molar-refractivity contribution in [3.8, 4) is 0 Å². The van der Waals surface area contributed by atoms with Gasteiger partial charge in [0.2, 0.25) is 0 Å². The molecule has 0 aromatic heterocycles. The summed E-state index contributed by atoms with van der Waals surface area (Å²) < 4.78 is 0. The molecule has 0 aliphatic carbocycles. The predicted octanol–water partition coefficient (Wildman–Crippen LogP) is 1.51. The van der Waals surface area contributed by atoms with Gasteiger partial charge in [-0.2, -0.15) is 0 Å². The number of halogens is 1. The first kappa shape index (κ1) is 10.8. The van der Waals surface area contributed by atoms with E-state index in [0.717, 1.165) is 11.1 Å². The van der Waals surface area contributed by atoms with E-state index in [1.807, 2.05) is 31.2 Å². The van der Waals surface area contributed by atoms with Crippen molar-refractivity contribution in [2.24, 2.45) is 10.9 Å². The Morgan fingerprint density at radius 2 is 2.00 bits per heavy atom. The van der Waals surface area contributed by atoms with Gasteiger partial charge in [0.1, 0.15) is 0 Å². The summed E-state index contributed by atoms with van der Waals surface area (Å²) >= 11 is 0. The van der Waals surface area contributed by atoms with Gasteiger partial charge in [-0.05, 0) is 12.5 Å². The lowest BCUT2D eigenvalue weighted by Crippen LogP contribution is -2.14. The molecular weight excluding hydrogens is 176 g/mol. The van der Waals surface area contributed by atoms with E-state index in [1.54, 1.807) is 0 Å². The van der Waals surface area contributed by atoms with Crippen molar-refractivity contribution >= 4 is 18.2 Å². The third kappa shape index (κ3) is 2.13. The summed E-state index contributed by atoms with van der Waals surface area (Å²) in [5.74, 6) is 0.156. The monoisotopic (exact) mass is 186 g/mol. The van der Waals surface area contributed by atoms with Gasteiger partial charge >= 0.3 is 0 Å². The molecule has 1 aromatic carbocycles. The summed E-state index contributed by atoms with van der Waals surface area (Å²) in [5.41, 5.74) is 7.17. The van der Waals surface area contributed by atoms with Crippen LogP contribution in [0.15, 0.2) is 29.4 Å². The Morgan fingerprint density at radius 1 is 1.42 bits per heavy atom. The van der Waals surface area contributed by atoms with E-state index in [2.05, 4.69) is 5.16 Å². The van der Waals surface area contributed by atoms with E-state index in [-0.39, 0.29) is 18.2 Å². The first-order chi connectivity index (χ1) is 5.25. The zero-order chi connectivity index (χ0) is 8.27. The quantitative estimate of drug-likeness (QED) is 0.302. The van der Waals surface area contributed by atoms with Crippen LogP contribution in [0.2, 0.25) is 0 Å². The van der Waals surface area contributed by atoms with E-state index in [0.29, 0.717) is 0 Å². The van der Waals surface area contributed by atoms with Crippen LogP contribution >= 0.6 is 12.4 Å². The molecule has 0 saturated carbocycles. The first-order valence-corrected chi connectivity index (χ1v) is 3.29. The minimum absolute atomic E-state index is 0. The second kappa shape index (κ2) is 4.62. The highest BCUT2D eigenvalue weighted by molar-refractivity contribution is 5.98. The summed E-state index contributed by atoms with van der Waals surface area (Å²) in [7, 11) is 0. The molecule has 1 aromatic rings. The van der Waals surface area contributed by atoms with Gasteiger partial charge in [0, 0.05) is 5.56 Å². The number of hydrogen-bond donors (Lipinski definition) is 2. The highest BCUT2D eigenvalue weighted by atomic mass is 35.5. The van der Waals surface area contributed by atoms with Crippen LogP contribution in [-0.4, -0.2) is 11.0 Å². The lowest BCUT2D eigenvalue weighted by atomic mass is 10.1. The van der Waals surface area contributed by atoms with Gasteiger partial charge in [0.05, 0.1) is 0 Å². The van der Waals surface area contributed by atoms with Crippen LogP contribution < -0.4 is 5.73 Å². The molecule has 0 heterocycles. The van der Waals surface area contributed by atoms with Gasteiger partial charge in [-0.15, -0.1) is 12.4 Å². The van der Waals surface area contributed by atoms with Gasteiger partial charge in [-0.3, -0.25) is 0 Å². The molecule has 12 heavy (non-hydrogen) atoms. The Kier molecular flexibility index (Phi) is 4.15. The number of aryl methyl sites for hydroxylation is 1. The SMILES string of the molecule is Cc1ccccc1C(N)=NO.Cl. The number of oxime groups is 1. The standard InChI is InChI=1S/C8H10N2O.ClH/c1-6-4-2-3-5-7(6)8(9)10-11;/h2-5,11H,1H3,(H2,9,10);1H. The van der Waals surface area contributed by atoms with Crippen molar-refractivity contribution in [1.82, 2.24) is 0 Å². The third-order valence-corrected chi connectivity index (χ3v) is 1.53. The summed E-state index contributed by atoms with van der Waals surface area (Å²) in [6, 6.07) is 7.47. The van der Waals surface area contributed by atoms with Crippen LogP contribution in [0.5, 0.6) is 0 Å². The minimum Gasteiger partial charge on any atom is -0.409 e. The molecule has 1 rings (SSSR count). The third-order valence-electron chi connectivity index (χ3n) is 1.53. The van der Waals surface area contributed by atoms with Gasteiger partial charge in [-0.25, -0.2) is 0 Å². The molecule has 0 bridgehead atoms. The fourth-order valence-electron chi connectivity index (χ4n) is 0.914. The van der Waals surface area contributed by atoms with Crippen molar-refractivity contribution in [2.45, 2.75) is 6.92 Å². The average molecular weight is 187 g/mol. The van der Waals surface area contributed by atoms with E-state index >= 15 is 0 Å². The van der Waals surface area contributed by atoms with Gasteiger partial charge < -0.3 is 10.9 Å². The summed E-state index contributed by atoms with van der Waals surface area (Å²) in [4.78, 5) is 0. The van der Waals surface area contributed by atoms with Crippen LogP contribution in [0, 0.1) is 6.92 Å². The Balaban J connectivity index is 0.00000121. The fraction of sp³-hybridized carbons (Fsp3) is 0.125. The van der Waals surface area contributed by atoms with Gasteiger partial charge in [0.25, 0.3) is 0 Å². The summed E-state index contributed by atoms with van der Waals surface area (Å²) in [6.45, 7) is 1.91. The second-order valence-corrected chi connectivity index (χ2v) is 2.30. The van der Waals surface area contributed by atoms with Crippen molar-refractivity contribution < 1.29 is 5.21 Å². The normalized spacial score (nSPS) is 10.6. The highest BCUT2D eigenvalue weighted by Crippen LogP contribution is 2.05. The molecule has 0 spiro atoms. The number of nitrogens with zero attached hydrogens (tertiary/aromatic N) is 1. The zero-order valence-electron chi connectivity index (χ0n) is 6.69. The zero-order valence-corrected chi connectivity index (χ0v) is 7.51. The molecule has 0 fully saturated rings. The van der Waals surface area contributed by atoms with Crippen molar-refractivity contribution in [3.05, 3.63) is 35.4 Å². The summed E-state index contributed by atoms with van der Waals surface area (Å²) in [5, 5.41) is 11.3. The summed E-state index contributed by atoms with van der Waals surface area (Å²) in [6.07, 6.45) is 0. The average Bonchev–Trinajstić information content (AvgIpc) is 2.04. The van der Waals surface area contributed by atoms with Crippen LogP contribution in [0.4, 0.5) is 0 Å². The van der Waals surface area contributed by atoms with Crippen LogP contribution in [0.25, 0.3) is 0 Å². The molecule has 0 unspecified atom stereocenters. The van der Waals surface area contributed by atoms with Crippen LogP contribution in [0.1, 0.15) is 11.1 Å². The maximum absolute atomic E-state index is 8.38. The first-order valence-electron chi connectivity index (χ1n) is 3.29.